The number of anilines is 1. The zero-order valence-electron chi connectivity index (χ0n) is 16.6. The number of carbonyl (C=O) groups excluding carboxylic acids is 1. The molecule has 0 saturated carbocycles. The number of amides is 1. The fourth-order valence-corrected chi connectivity index (χ4v) is 3.63. The van der Waals surface area contributed by atoms with Crippen molar-refractivity contribution in [3.05, 3.63) is 77.0 Å². The first-order valence-electron chi connectivity index (χ1n) is 9.84. The van der Waals surface area contributed by atoms with Gasteiger partial charge in [0.05, 0.1) is 0 Å². The zero-order valence-corrected chi connectivity index (χ0v) is 16.6. The third kappa shape index (κ3) is 5.01. The van der Waals surface area contributed by atoms with Crippen molar-refractivity contribution in [2.45, 2.75) is 33.1 Å². The summed E-state index contributed by atoms with van der Waals surface area (Å²) in [5.41, 5.74) is 4.42. The maximum atomic E-state index is 12.6. The maximum absolute atomic E-state index is 12.6. The lowest BCUT2D eigenvalue weighted by Crippen LogP contribution is -2.31. The van der Waals surface area contributed by atoms with Crippen molar-refractivity contribution < 1.29 is 4.79 Å². The molecule has 0 bridgehead atoms. The molecule has 0 aliphatic carbocycles. The maximum Gasteiger partial charge on any atom is 0.267 e. The highest BCUT2D eigenvalue weighted by Crippen LogP contribution is 2.23. The Morgan fingerprint density at radius 2 is 1.86 bits per heavy atom. The van der Waals surface area contributed by atoms with Crippen LogP contribution in [0.5, 0.6) is 0 Å². The highest BCUT2D eigenvalue weighted by Gasteiger charge is 2.20. The Morgan fingerprint density at radius 3 is 2.54 bits per heavy atom. The topological polar surface area (TPSA) is 56.1 Å². The standard InChI is InChI=1S/C24H27N3O/c1-18-7-6-10-23(19(18)2)26-24(28)22(16-25)17-27-13-11-21(12-14-27)15-20-8-4-3-5-9-20/h3-10,17,21H,11-15H2,1-2H3,(H,26,28)/b22-17-. The summed E-state index contributed by atoms with van der Waals surface area (Å²) in [5.74, 6) is 0.309. The van der Waals surface area contributed by atoms with Crippen LogP contribution < -0.4 is 5.32 Å². The lowest BCUT2D eigenvalue weighted by molar-refractivity contribution is -0.112. The highest BCUT2D eigenvalue weighted by molar-refractivity contribution is 6.06. The molecule has 144 valence electrons. The lowest BCUT2D eigenvalue weighted by atomic mass is 9.90. The van der Waals surface area contributed by atoms with E-state index in [2.05, 4.69) is 40.6 Å². The number of nitrogens with zero attached hydrogens (tertiary/aromatic N) is 2. The van der Waals surface area contributed by atoms with E-state index in [4.69, 9.17) is 0 Å². The van der Waals surface area contributed by atoms with Gasteiger partial charge in [0.2, 0.25) is 0 Å². The van der Waals surface area contributed by atoms with Crippen LogP contribution in [0.25, 0.3) is 0 Å². The summed E-state index contributed by atoms with van der Waals surface area (Å²) in [6.45, 7) is 5.72. The van der Waals surface area contributed by atoms with E-state index in [9.17, 15) is 10.1 Å². The van der Waals surface area contributed by atoms with E-state index in [0.717, 1.165) is 49.2 Å². The molecule has 0 aromatic heterocycles. The number of nitriles is 1. The highest BCUT2D eigenvalue weighted by atomic mass is 16.1. The fraction of sp³-hybridized carbons (Fsp3) is 0.333. The Labute approximate surface area is 167 Å². The molecule has 1 N–H and O–H groups in total. The molecule has 1 fully saturated rings. The van der Waals surface area contributed by atoms with E-state index in [1.54, 1.807) is 6.20 Å². The number of likely N-dealkylation sites (tertiary alicyclic amines) is 1. The van der Waals surface area contributed by atoms with Crippen LogP contribution in [-0.4, -0.2) is 23.9 Å². The minimum absolute atomic E-state index is 0.155. The van der Waals surface area contributed by atoms with Gasteiger partial charge in [-0.15, -0.1) is 0 Å². The summed E-state index contributed by atoms with van der Waals surface area (Å²) in [4.78, 5) is 14.7. The van der Waals surface area contributed by atoms with Crippen LogP contribution in [0.2, 0.25) is 0 Å². The van der Waals surface area contributed by atoms with Crippen molar-refractivity contribution >= 4 is 11.6 Å². The van der Waals surface area contributed by atoms with Gasteiger partial charge >= 0.3 is 0 Å². The van der Waals surface area contributed by atoms with Crippen LogP contribution in [0, 0.1) is 31.1 Å². The van der Waals surface area contributed by atoms with E-state index in [-0.39, 0.29) is 11.5 Å². The van der Waals surface area contributed by atoms with E-state index in [1.165, 1.54) is 5.56 Å². The van der Waals surface area contributed by atoms with E-state index in [1.807, 2.05) is 38.1 Å². The molecule has 0 spiro atoms. The average molecular weight is 374 g/mol. The van der Waals surface area contributed by atoms with Crippen molar-refractivity contribution in [1.82, 2.24) is 4.90 Å². The number of benzene rings is 2. The monoisotopic (exact) mass is 373 g/mol. The SMILES string of the molecule is Cc1cccc(NC(=O)/C(C#N)=C\N2CCC(Cc3ccccc3)CC2)c1C. The average Bonchev–Trinajstić information content (AvgIpc) is 2.71. The first kappa shape index (κ1) is 19.7. The fourth-order valence-electron chi connectivity index (χ4n) is 3.63. The molecule has 4 nitrogen and oxygen atoms in total. The smallest absolute Gasteiger partial charge is 0.267 e. The Hall–Kier alpha value is -3.06. The summed E-state index contributed by atoms with van der Waals surface area (Å²) in [7, 11) is 0. The van der Waals surface area contributed by atoms with Gasteiger partial charge in [-0.3, -0.25) is 4.79 Å². The van der Waals surface area contributed by atoms with Crippen LogP contribution in [0.1, 0.15) is 29.5 Å². The first-order chi connectivity index (χ1) is 13.6. The molecular weight excluding hydrogens is 346 g/mol. The summed E-state index contributed by atoms with van der Waals surface area (Å²) in [6.07, 6.45) is 4.96. The Balaban J connectivity index is 1.58. The van der Waals surface area contributed by atoms with E-state index >= 15 is 0 Å². The molecule has 0 atom stereocenters. The van der Waals surface area contributed by atoms with Crippen LogP contribution in [0.3, 0.4) is 0 Å². The van der Waals surface area contributed by atoms with Gasteiger partial charge in [0.25, 0.3) is 5.91 Å². The van der Waals surface area contributed by atoms with Gasteiger partial charge in [0.15, 0.2) is 0 Å². The number of piperidine rings is 1. The molecule has 2 aromatic rings. The third-order valence-electron chi connectivity index (χ3n) is 5.55. The van der Waals surface area contributed by atoms with Crippen LogP contribution >= 0.6 is 0 Å². The third-order valence-corrected chi connectivity index (χ3v) is 5.55. The molecular formula is C24H27N3O. The molecule has 3 rings (SSSR count). The minimum Gasteiger partial charge on any atom is -0.376 e. The number of hydrogen-bond acceptors (Lipinski definition) is 3. The number of rotatable bonds is 5. The van der Waals surface area contributed by atoms with Crippen LogP contribution in [-0.2, 0) is 11.2 Å². The quantitative estimate of drug-likeness (QED) is 0.615. The minimum atomic E-state index is -0.345. The van der Waals surface area contributed by atoms with Crippen molar-refractivity contribution in [1.29, 1.82) is 5.26 Å². The molecule has 1 heterocycles. The molecule has 2 aromatic carbocycles. The summed E-state index contributed by atoms with van der Waals surface area (Å²) in [6, 6.07) is 18.4. The van der Waals surface area contributed by atoms with E-state index < -0.39 is 0 Å². The number of nitrogens with one attached hydrogen (secondary N) is 1. The molecule has 1 aliphatic rings. The lowest BCUT2D eigenvalue weighted by Gasteiger charge is -2.31. The van der Waals surface area contributed by atoms with Crippen LogP contribution in [0.4, 0.5) is 5.69 Å². The van der Waals surface area contributed by atoms with Crippen molar-refractivity contribution in [3.63, 3.8) is 0 Å². The summed E-state index contributed by atoms with van der Waals surface area (Å²) < 4.78 is 0. The normalized spacial score (nSPS) is 15.2. The van der Waals surface area contributed by atoms with Crippen molar-refractivity contribution in [2.24, 2.45) is 5.92 Å². The van der Waals surface area contributed by atoms with Crippen LogP contribution in [0.15, 0.2) is 60.3 Å². The second kappa shape index (κ2) is 9.23. The second-order valence-corrected chi connectivity index (χ2v) is 7.53. The zero-order chi connectivity index (χ0) is 19.9. The molecule has 1 saturated heterocycles. The van der Waals surface area contributed by atoms with Gasteiger partial charge < -0.3 is 10.2 Å². The molecule has 28 heavy (non-hydrogen) atoms. The van der Waals surface area contributed by atoms with Gasteiger partial charge in [-0.1, -0.05) is 42.5 Å². The number of hydrogen-bond donors (Lipinski definition) is 1. The van der Waals surface area contributed by atoms with Gasteiger partial charge in [0.1, 0.15) is 11.6 Å². The predicted molar refractivity (Wildman–Crippen MR) is 113 cm³/mol. The summed E-state index contributed by atoms with van der Waals surface area (Å²) in [5, 5.41) is 12.3. The molecule has 4 heteroatoms. The van der Waals surface area contributed by atoms with Crippen molar-refractivity contribution in [2.75, 3.05) is 18.4 Å². The van der Waals surface area contributed by atoms with Gasteiger partial charge in [-0.2, -0.15) is 5.26 Å². The van der Waals surface area contributed by atoms with Gasteiger partial charge in [-0.25, -0.2) is 0 Å². The van der Waals surface area contributed by atoms with E-state index in [0.29, 0.717) is 5.92 Å². The Bertz CT molecular complexity index is 888. The second-order valence-electron chi connectivity index (χ2n) is 7.53. The Morgan fingerprint density at radius 1 is 1.14 bits per heavy atom. The first-order valence-corrected chi connectivity index (χ1v) is 9.84. The molecule has 1 amide bonds. The predicted octanol–water partition coefficient (Wildman–Crippen LogP) is 4.60. The largest absolute Gasteiger partial charge is 0.376 e. The molecule has 0 radical (unpaired) electrons. The number of aryl methyl sites for hydroxylation is 1. The molecule has 1 aliphatic heterocycles. The summed E-state index contributed by atoms with van der Waals surface area (Å²) >= 11 is 0. The van der Waals surface area contributed by atoms with Crippen molar-refractivity contribution in [3.8, 4) is 6.07 Å². The van der Waals surface area contributed by atoms with Gasteiger partial charge in [-0.05, 0) is 61.8 Å². The number of carbonyl (C=O) groups is 1. The molecule has 0 unspecified atom stereocenters. The Kier molecular flexibility index (Phi) is 6.49. The van der Waals surface area contributed by atoms with Gasteiger partial charge in [0, 0.05) is 25.0 Å².